The van der Waals surface area contributed by atoms with Crippen molar-refractivity contribution in [1.82, 2.24) is 0 Å². The Balaban J connectivity index is 2.43. The average molecular weight is 206 g/mol. The van der Waals surface area contributed by atoms with E-state index in [4.69, 9.17) is 10.5 Å². The van der Waals surface area contributed by atoms with E-state index in [1.165, 1.54) is 0 Å². The van der Waals surface area contributed by atoms with Crippen molar-refractivity contribution in [2.45, 2.75) is 19.4 Å². The van der Waals surface area contributed by atoms with E-state index in [9.17, 15) is 4.79 Å². The Morgan fingerprint density at radius 3 is 2.93 bits per heavy atom. The van der Waals surface area contributed by atoms with Crippen LogP contribution in [0.25, 0.3) is 0 Å². The summed E-state index contributed by atoms with van der Waals surface area (Å²) in [5.41, 5.74) is 7.34. The molecule has 2 amide bonds. The molecule has 1 atom stereocenters. The van der Waals surface area contributed by atoms with Crippen molar-refractivity contribution in [3.63, 3.8) is 0 Å². The number of hydrogen-bond donors (Lipinski definition) is 1. The number of primary amides is 1. The van der Waals surface area contributed by atoms with Gasteiger partial charge in [-0.25, -0.2) is 4.79 Å². The van der Waals surface area contributed by atoms with Crippen molar-refractivity contribution in [2.75, 3.05) is 12.0 Å². The number of rotatable bonds is 1. The number of carbonyl (C=O) groups is 1. The Morgan fingerprint density at radius 1 is 1.60 bits per heavy atom. The van der Waals surface area contributed by atoms with Crippen LogP contribution in [0.1, 0.15) is 12.5 Å². The van der Waals surface area contributed by atoms with E-state index in [1.54, 1.807) is 12.0 Å². The summed E-state index contributed by atoms with van der Waals surface area (Å²) in [4.78, 5) is 12.9. The number of methoxy groups -OCH3 is 1. The molecule has 2 rings (SSSR count). The molecule has 0 spiro atoms. The number of carbonyl (C=O) groups excluding carboxylic acids is 1. The molecule has 1 aliphatic heterocycles. The molecule has 0 bridgehead atoms. The van der Waals surface area contributed by atoms with Crippen molar-refractivity contribution in [2.24, 2.45) is 5.73 Å². The maximum absolute atomic E-state index is 11.2. The Kier molecular flexibility index (Phi) is 2.26. The van der Waals surface area contributed by atoms with Crippen LogP contribution >= 0.6 is 0 Å². The lowest BCUT2D eigenvalue weighted by Gasteiger charge is -2.19. The number of nitrogens with two attached hydrogens (primary N) is 1. The Hall–Kier alpha value is -1.71. The Bertz CT molecular complexity index is 404. The molecule has 1 aromatic carbocycles. The molecule has 0 saturated carbocycles. The summed E-state index contributed by atoms with van der Waals surface area (Å²) < 4.78 is 5.14. The van der Waals surface area contributed by atoms with E-state index in [1.807, 2.05) is 25.1 Å². The van der Waals surface area contributed by atoms with E-state index in [-0.39, 0.29) is 6.04 Å². The lowest BCUT2D eigenvalue weighted by atomic mass is 10.1. The largest absolute Gasteiger partial charge is 0.497 e. The van der Waals surface area contributed by atoms with E-state index in [2.05, 4.69) is 0 Å². The SMILES string of the molecule is COc1ccc2c(c1)C[C@@H](C)N2C(N)=O. The molecular formula is C11H14N2O2. The van der Waals surface area contributed by atoms with Gasteiger partial charge in [0.15, 0.2) is 0 Å². The van der Waals surface area contributed by atoms with Gasteiger partial charge in [-0.3, -0.25) is 4.90 Å². The molecule has 0 aromatic heterocycles. The van der Waals surface area contributed by atoms with E-state index in [0.717, 1.165) is 23.4 Å². The Morgan fingerprint density at radius 2 is 2.33 bits per heavy atom. The zero-order chi connectivity index (χ0) is 11.0. The predicted octanol–water partition coefficient (Wildman–Crippen LogP) is 1.52. The van der Waals surface area contributed by atoms with Gasteiger partial charge in [0.1, 0.15) is 5.75 Å². The zero-order valence-corrected chi connectivity index (χ0v) is 8.86. The first kappa shape index (κ1) is 9.83. The maximum Gasteiger partial charge on any atom is 0.319 e. The number of hydrogen-bond acceptors (Lipinski definition) is 2. The first-order valence-electron chi connectivity index (χ1n) is 4.89. The fraction of sp³-hybridized carbons (Fsp3) is 0.364. The van der Waals surface area contributed by atoms with Crippen molar-refractivity contribution in [1.29, 1.82) is 0 Å². The fourth-order valence-corrected chi connectivity index (χ4v) is 2.07. The molecule has 0 fully saturated rings. The smallest absolute Gasteiger partial charge is 0.319 e. The number of amides is 2. The molecule has 0 aliphatic carbocycles. The number of ether oxygens (including phenoxy) is 1. The van der Waals surface area contributed by atoms with Crippen LogP contribution in [0.15, 0.2) is 18.2 Å². The van der Waals surface area contributed by atoms with Gasteiger partial charge in [0.25, 0.3) is 0 Å². The van der Waals surface area contributed by atoms with E-state index >= 15 is 0 Å². The van der Waals surface area contributed by atoms with Gasteiger partial charge in [-0.15, -0.1) is 0 Å². The minimum Gasteiger partial charge on any atom is -0.497 e. The van der Waals surface area contributed by atoms with Gasteiger partial charge in [-0.05, 0) is 37.1 Å². The third-order valence-corrected chi connectivity index (χ3v) is 2.74. The van der Waals surface area contributed by atoms with Gasteiger partial charge in [0.05, 0.1) is 7.11 Å². The fourth-order valence-electron chi connectivity index (χ4n) is 2.07. The van der Waals surface area contributed by atoms with Crippen molar-refractivity contribution in [3.8, 4) is 5.75 Å². The third kappa shape index (κ3) is 1.52. The molecule has 1 heterocycles. The van der Waals surface area contributed by atoms with Crippen LogP contribution in [0.4, 0.5) is 10.5 Å². The van der Waals surface area contributed by atoms with Gasteiger partial charge in [-0.1, -0.05) is 0 Å². The second-order valence-corrected chi connectivity index (χ2v) is 3.76. The minimum atomic E-state index is -0.397. The third-order valence-electron chi connectivity index (χ3n) is 2.74. The monoisotopic (exact) mass is 206 g/mol. The summed E-state index contributed by atoms with van der Waals surface area (Å²) in [5.74, 6) is 0.812. The molecule has 4 heteroatoms. The van der Waals surface area contributed by atoms with Crippen molar-refractivity contribution < 1.29 is 9.53 Å². The highest BCUT2D eigenvalue weighted by atomic mass is 16.5. The summed E-state index contributed by atoms with van der Waals surface area (Å²) in [6.45, 7) is 1.98. The number of fused-ring (bicyclic) bond motifs is 1. The lowest BCUT2D eigenvalue weighted by Crippen LogP contribution is -2.39. The topological polar surface area (TPSA) is 55.6 Å². The highest BCUT2D eigenvalue weighted by Crippen LogP contribution is 2.34. The first-order valence-corrected chi connectivity index (χ1v) is 4.89. The molecular weight excluding hydrogens is 192 g/mol. The molecule has 80 valence electrons. The van der Waals surface area contributed by atoms with Gasteiger partial charge in [0, 0.05) is 11.7 Å². The summed E-state index contributed by atoms with van der Waals surface area (Å²) in [6.07, 6.45) is 0.829. The van der Waals surface area contributed by atoms with Crippen LogP contribution in [0.5, 0.6) is 5.75 Å². The number of urea groups is 1. The normalized spacial score (nSPS) is 18.8. The molecule has 2 N–H and O–H groups in total. The zero-order valence-electron chi connectivity index (χ0n) is 8.86. The summed E-state index contributed by atoms with van der Waals surface area (Å²) >= 11 is 0. The molecule has 0 unspecified atom stereocenters. The van der Waals surface area contributed by atoms with Gasteiger partial charge < -0.3 is 10.5 Å². The first-order chi connectivity index (χ1) is 7.13. The number of anilines is 1. The van der Waals surface area contributed by atoms with Gasteiger partial charge >= 0.3 is 6.03 Å². The molecule has 1 aromatic rings. The van der Waals surface area contributed by atoms with Crippen LogP contribution in [0.3, 0.4) is 0 Å². The minimum absolute atomic E-state index is 0.129. The molecule has 0 radical (unpaired) electrons. The lowest BCUT2D eigenvalue weighted by molar-refractivity contribution is 0.253. The number of nitrogens with zero attached hydrogens (tertiary/aromatic N) is 1. The second kappa shape index (κ2) is 3.46. The van der Waals surface area contributed by atoms with Crippen LogP contribution in [0, 0.1) is 0 Å². The standard InChI is InChI=1S/C11H14N2O2/c1-7-5-8-6-9(15-2)3-4-10(8)13(7)11(12)14/h3-4,6-7H,5H2,1-2H3,(H2,12,14)/t7-/m1/s1. The number of benzene rings is 1. The van der Waals surface area contributed by atoms with Gasteiger partial charge in [-0.2, -0.15) is 0 Å². The average Bonchev–Trinajstić information content (AvgIpc) is 2.52. The maximum atomic E-state index is 11.2. The van der Waals surface area contributed by atoms with E-state index in [0.29, 0.717) is 0 Å². The van der Waals surface area contributed by atoms with E-state index < -0.39 is 6.03 Å². The predicted molar refractivity (Wildman–Crippen MR) is 58.2 cm³/mol. The molecule has 1 aliphatic rings. The van der Waals surface area contributed by atoms with Crippen LogP contribution in [0.2, 0.25) is 0 Å². The van der Waals surface area contributed by atoms with Crippen LogP contribution in [-0.4, -0.2) is 19.2 Å². The second-order valence-electron chi connectivity index (χ2n) is 3.76. The van der Waals surface area contributed by atoms with Crippen LogP contribution < -0.4 is 15.4 Å². The van der Waals surface area contributed by atoms with Crippen LogP contribution in [-0.2, 0) is 6.42 Å². The Labute approximate surface area is 88.6 Å². The highest BCUT2D eigenvalue weighted by Gasteiger charge is 2.29. The van der Waals surface area contributed by atoms with Crippen molar-refractivity contribution in [3.05, 3.63) is 23.8 Å². The van der Waals surface area contributed by atoms with Crippen molar-refractivity contribution >= 4 is 11.7 Å². The summed E-state index contributed by atoms with van der Waals surface area (Å²) in [6, 6.07) is 5.40. The summed E-state index contributed by atoms with van der Waals surface area (Å²) in [5, 5.41) is 0. The van der Waals surface area contributed by atoms with Gasteiger partial charge in [0.2, 0.25) is 0 Å². The molecule has 4 nitrogen and oxygen atoms in total. The summed E-state index contributed by atoms with van der Waals surface area (Å²) in [7, 11) is 1.63. The quantitative estimate of drug-likeness (QED) is 0.757. The highest BCUT2D eigenvalue weighted by molar-refractivity contribution is 5.93. The molecule has 0 saturated heterocycles. The molecule has 15 heavy (non-hydrogen) atoms.